The molecule has 0 aliphatic heterocycles. The van der Waals surface area contributed by atoms with Gasteiger partial charge in [0.05, 0.1) is 0 Å². The average molecular weight is 184 g/mol. The molecular formula is C8H8O5. The second kappa shape index (κ2) is 4.76. The Balaban J connectivity index is 0.000000671. The van der Waals surface area contributed by atoms with Crippen molar-refractivity contribution in [2.24, 2.45) is 0 Å². The third kappa shape index (κ3) is 2.48. The van der Waals surface area contributed by atoms with Gasteiger partial charge in [0.2, 0.25) is 0 Å². The van der Waals surface area contributed by atoms with Gasteiger partial charge in [-0.1, -0.05) is 6.07 Å². The number of carboxylic acid groups (broad SMARTS) is 1. The van der Waals surface area contributed by atoms with Crippen LogP contribution in [0.25, 0.3) is 0 Å². The Kier molecular flexibility index (Phi) is 4.01. The highest BCUT2D eigenvalue weighted by molar-refractivity contribution is 5.91. The van der Waals surface area contributed by atoms with Gasteiger partial charge in [-0.05, 0) is 12.1 Å². The number of phenolic OH excluding ortho intramolecular Hbond substituents is 1. The third-order valence-corrected chi connectivity index (χ3v) is 1.25. The first kappa shape index (κ1) is 11.0. The van der Waals surface area contributed by atoms with Crippen LogP contribution >= 0.6 is 0 Å². The zero-order chi connectivity index (χ0) is 10.4. The van der Waals surface area contributed by atoms with E-state index in [1.807, 2.05) is 6.79 Å². The Morgan fingerprint density at radius 3 is 2.15 bits per heavy atom. The van der Waals surface area contributed by atoms with Crippen molar-refractivity contribution < 1.29 is 24.9 Å². The summed E-state index contributed by atoms with van der Waals surface area (Å²) in [5.41, 5.74) is -0.301. The summed E-state index contributed by atoms with van der Waals surface area (Å²) in [6, 6.07) is 3.76. The molecule has 0 amide bonds. The van der Waals surface area contributed by atoms with Crippen LogP contribution in [0.15, 0.2) is 18.2 Å². The van der Waals surface area contributed by atoms with Crippen molar-refractivity contribution in [1.82, 2.24) is 0 Å². The van der Waals surface area contributed by atoms with E-state index >= 15 is 0 Å². The van der Waals surface area contributed by atoms with Crippen molar-refractivity contribution in [3.63, 3.8) is 0 Å². The maximum Gasteiger partial charge on any atom is 0.339 e. The van der Waals surface area contributed by atoms with Gasteiger partial charge in [0.15, 0.2) is 11.5 Å². The number of hydrogen-bond donors (Lipinski definition) is 3. The van der Waals surface area contributed by atoms with E-state index in [2.05, 4.69) is 0 Å². The number of carbonyl (C=O) groups excluding carboxylic acids is 1. The summed E-state index contributed by atoms with van der Waals surface area (Å²) in [6.07, 6.45) is 0. The standard InChI is InChI=1S/C7H6O4.CH2O/c8-5-3-1-2-4(6(5)9)7(10)11;1-2/h1-3,8-9H,(H,10,11);1H2. The monoisotopic (exact) mass is 184 g/mol. The molecule has 5 heteroatoms. The summed E-state index contributed by atoms with van der Waals surface area (Å²) in [4.78, 5) is 18.3. The summed E-state index contributed by atoms with van der Waals surface area (Å²) in [5.74, 6) is -2.29. The second-order valence-electron chi connectivity index (χ2n) is 1.98. The van der Waals surface area contributed by atoms with E-state index in [1.165, 1.54) is 18.2 Å². The normalized spacial score (nSPS) is 8.31. The first-order valence-corrected chi connectivity index (χ1v) is 3.16. The molecule has 1 aromatic carbocycles. The molecule has 0 saturated heterocycles. The minimum Gasteiger partial charge on any atom is -0.504 e. The molecule has 0 aromatic heterocycles. The van der Waals surface area contributed by atoms with Crippen LogP contribution in [0, 0.1) is 0 Å². The first-order chi connectivity index (χ1) is 6.13. The summed E-state index contributed by atoms with van der Waals surface area (Å²) in [5, 5.41) is 26.2. The van der Waals surface area contributed by atoms with Crippen molar-refractivity contribution in [2.45, 2.75) is 0 Å². The minimum absolute atomic E-state index is 0.301. The molecule has 1 aromatic rings. The molecule has 1 rings (SSSR count). The fourth-order valence-corrected chi connectivity index (χ4v) is 0.704. The quantitative estimate of drug-likeness (QED) is 0.556. The lowest BCUT2D eigenvalue weighted by atomic mass is 10.2. The topological polar surface area (TPSA) is 94.8 Å². The SMILES string of the molecule is C=O.O=C(O)c1cccc(O)c1O. The maximum absolute atomic E-state index is 10.3. The molecule has 0 spiro atoms. The molecule has 0 radical (unpaired) electrons. The number of hydrogen-bond acceptors (Lipinski definition) is 4. The van der Waals surface area contributed by atoms with Crippen molar-refractivity contribution in [3.8, 4) is 11.5 Å². The molecule has 5 nitrogen and oxygen atoms in total. The third-order valence-electron chi connectivity index (χ3n) is 1.25. The van der Waals surface area contributed by atoms with E-state index in [9.17, 15) is 4.79 Å². The highest BCUT2D eigenvalue weighted by Gasteiger charge is 2.11. The number of carboxylic acids is 1. The number of benzene rings is 1. The fraction of sp³-hybridized carbons (Fsp3) is 0. The Hall–Kier alpha value is -2.04. The van der Waals surface area contributed by atoms with Gasteiger partial charge < -0.3 is 20.1 Å². The Morgan fingerprint density at radius 1 is 1.23 bits per heavy atom. The van der Waals surface area contributed by atoms with Gasteiger partial charge in [0, 0.05) is 0 Å². The van der Waals surface area contributed by atoms with E-state index in [4.69, 9.17) is 20.1 Å². The molecule has 70 valence electrons. The average Bonchev–Trinajstić information content (AvgIpc) is 2.13. The largest absolute Gasteiger partial charge is 0.504 e. The number of phenols is 2. The molecule has 0 aliphatic carbocycles. The highest BCUT2D eigenvalue weighted by Crippen LogP contribution is 2.27. The van der Waals surface area contributed by atoms with Gasteiger partial charge in [0.25, 0.3) is 0 Å². The summed E-state index contributed by atoms with van der Waals surface area (Å²) >= 11 is 0. The predicted molar refractivity (Wildman–Crippen MR) is 43.9 cm³/mol. The summed E-state index contributed by atoms with van der Waals surface area (Å²) in [6.45, 7) is 2.00. The molecule has 0 heterocycles. The smallest absolute Gasteiger partial charge is 0.339 e. The lowest BCUT2D eigenvalue weighted by Crippen LogP contribution is -1.95. The van der Waals surface area contributed by atoms with E-state index < -0.39 is 17.5 Å². The Labute approximate surface area is 73.9 Å². The van der Waals surface area contributed by atoms with Crippen molar-refractivity contribution in [1.29, 1.82) is 0 Å². The molecule has 0 unspecified atom stereocenters. The van der Waals surface area contributed by atoms with Crippen LogP contribution in [0.4, 0.5) is 0 Å². The van der Waals surface area contributed by atoms with E-state index in [0.29, 0.717) is 0 Å². The first-order valence-electron chi connectivity index (χ1n) is 3.16. The Morgan fingerprint density at radius 2 is 1.77 bits per heavy atom. The molecule has 0 saturated carbocycles. The molecule has 0 aliphatic rings. The number of rotatable bonds is 1. The molecule has 3 N–H and O–H groups in total. The summed E-state index contributed by atoms with van der Waals surface area (Å²) < 4.78 is 0. The highest BCUT2D eigenvalue weighted by atomic mass is 16.4. The van der Waals surface area contributed by atoms with Crippen molar-refractivity contribution >= 4 is 12.8 Å². The van der Waals surface area contributed by atoms with Crippen LogP contribution in [0.3, 0.4) is 0 Å². The lowest BCUT2D eigenvalue weighted by molar-refractivity contribution is -0.0980. The number of aromatic hydroxyl groups is 2. The van der Waals surface area contributed by atoms with Crippen LogP contribution in [0.1, 0.15) is 10.4 Å². The van der Waals surface area contributed by atoms with Crippen LogP contribution in [0.5, 0.6) is 11.5 Å². The number of carbonyl (C=O) groups is 2. The van der Waals surface area contributed by atoms with E-state index in [-0.39, 0.29) is 5.56 Å². The van der Waals surface area contributed by atoms with Crippen LogP contribution < -0.4 is 0 Å². The maximum atomic E-state index is 10.3. The van der Waals surface area contributed by atoms with Gasteiger partial charge in [-0.2, -0.15) is 0 Å². The molecule has 0 bridgehead atoms. The molecular weight excluding hydrogens is 176 g/mol. The van der Waals surface area contributed by atoms with E-state index in [1.54, 1.807) is 0 Å². The van der Waals surface area contributed by atoms with Crippen molar-refractivity contribution in [3.05, 3.63) is 23.8 Å². The van der Waals surface area contributed by atoms with Gasteiger partial charge in [-0.3, -0.25) is 0 Å². The van der Waals surface area contributed by atoms with Crippen LogP contribution in [-0.4, -0.2) is 28.1 Å². The van der Waals surface area contributed by atoms with Crippen LogP contribution in [0.2, 0.25) is 0 Å². The van der Waals surface area contributed by atoms with Gasteiger partial charge in [-0.15, -0.1) is 0 Å². The molecule has 13 heavy (non-hydrogen) atoms. The molecule has 0 fully saturated rings. The second-order valence-corrected chi connectivity index (χ2v) is 1.98. The number of aromatic carboxylic acids is 1. The van der Waals surface area contributed by atoms with Crippen LogP contribution in [-0.2, 0) is 4.79 Å². The Bertz CT molecular complexity index is 307. The fourth-order valence-electron chi connectivity index (χ4n) is 0.704. The zero-order valence-corrected chi connectivity index (χ0v) is 6.60. The van der Waals surface area contributed by atoms with Crippen molar-refractivity contribution in [2.75, 3.05) is 0 Å². The van der Waals surface area contributed by atoms with Gasteiger partial charge in [-0.25, -0.2) is 4.79 Å². The predicted octanol–water partition coefficient (Wildman–Crippen LogP) is 0.611. The zero-order valence-electron chi connectivity index (χ0n) is 6.60. The minimum atomic E-state index is -1.27. The van der Waals surface area contributed by atoms with E-state index in [0.717, 1.165) is 0 Å². The number of para-hydroxylation sites is 1. The lowest BCUT2D eigenvalue weighted by Gasteiger charge is -1.99. The van der Waals surface area contributed by atoms with Gasteiger partial charge >= 0.3 is 5.97 Å². The molecule has 0 atom stereocenters. The summed E-state index contributed by atoms with van der Waals surface area (Å²) in [7, 11) is 0. The van der Waals surface area contributed by atoms with Gasteiger partial charge in [0.1, 0.15) is 12.4 Å².